The molecule has 1 heterocycles. The predicted octanol–water partition coefficient (Wildman–Crippen LogP) is 2.25. The molecule has 1 aliphatic rings. The maximum absolute atomic E-state index is 12.2. The average molecular weight is 287 g/mol. The van der Waals surface area contributed by atoms with E-state index in [1.165, 1.54) is 13.2 Å². The molecule has 1 atom stereocenters. The van der Waals surface area contributed by atoms with E-state index < -0.39 is 6.61 Å². The molecule has 0 amide bonds. The summed E-state index contributed by atoms with van der Waals surface area (Å²) in [7, 11) is 1.42. The molecule has 112 valence electrons. The van der Waals surface area contributed by atoms with Gasteiger partial charge in [0.05, 0.1) is 13.2 Å². The summed E-state index contributed by atoms with van der Waals surface area (Å²) in [6.45, 7) is -0.652. The van der Waals surface area contributed by atoms with Crippen molar-refractivity contribution in [2.45, 2.75) is 32.1 Å². The summed E-state index contributed by atoms with van der Waals surface area (Å²) in [5.41, 5.74) is 0.942. The van der Waals surface area contributed by atoms with Gasteiger partial charge < -0.3 is 14.6 Å². The highest BCUT2D eigenvalue weighted by molar-refractivity contribution is 5.43. The molecule has 4 nitrogen and oxygen atoms in total. The number of likely N-dealkylation sites (tertiary alicyclic amines) is 1. The Hall–Kier alpha value is -1.40. The molecule has 0 unspecified atom stereocenters. The van der Waals surface area contributed by atoms with E-state index in [0.29, 0.717) is 18.8 Å². The topological polar surface area (TPSA) is 41.9 Å². The minimum atomic E-state index is -2.87. The van der Waals surface area contributed by atoms with Crippen molar-refractivity contribution in [1.29, 1.82) is 0 Å². The quantitative estimate of drug-likeness (QED) is 0.902. The number of ether oxygens (including phenoxy) is 2. The van der Waals surface area contributed by atoms with Crippen LogP contribution in [0.3, 0.4) is 0 Å². The zero-order valence-electron chi connectivity index (χ0n) is 11.4. The molecule has 1 fully saturated rings. The Morgan fingerprint density at radius 2 is 2.20 bits per heavy atom. The van der Waals surface area contributed by atoms with Crippen LogP contribution in [-0.4, -0.2) is 42.9 Å². The van der Waals surface area contributed by atoms with Gasteiger partial charge in [0.2, 0.25) is 0 Å². The molecular formula is C14H19F2NO3. The number of aliphatic hydroxyl groups is 1. The SMILES string of the molecule is COc1cc(CN2CCC[C@@H](O)C2)ccc1OC(F)F. The minimum absolute atomic E-state index is 0.0323. The van der Waals surface area contributed by atoms with E-state index in [-0.39, 0.29) is 11.9 Å². The lowest BCUT2D eigenvalue weighted by Crippen LogP contribution is -2.37. The molecule has 1 aliphatic heterocycles. The van der Waals surface area contributed by atoms with Crippen molar-refractivity contribution in [2.75, 3.05) is 20.2 Å². The summed E-state index contributed by atoms with van der Waals surface area (Å²) in [4.78, 5) is 2.14. The maximum Gasteiger partial charge on any atom is 0.387 e. The number of alkyl halides is 2. The van der Waals surface area contributed by atoms with Crippen molar-refractivity contribution in [3.05, 3.63) is 23.8 Å². The van der Waals surface area contributed by atoms with Crippen molar-refractivity contribution in [3.63, 3.8) is 0 Å². The van der Waals surface area contributed by atoms with Gasteiger partial charge in [0.1, 0.15) is 0 Å². The second kappa shape index (κ2) is 6.85. The summed E-state index contributed by atoms with van der Waals surface area (Å²) in [6.07, 6.45) is 1.51. The summed E-state index contributed by atoms with van der Waals surface area (Å²) < 4.78 is 33.9. The molecule has 1 saturated heterocycles. The number of rotatable bonds is 5. The normalized spacial score (nSPS) is 20.1. The summed E-state index contributed by atoms with van der Waals surface area (Å²) in [6, 6.07) is 4.92. The molecule has 1 aromatic rings. The van der Waals surface area contributed by atoms with Crippen molar-refractivity contribution >= 4 is 0 Å². The number of hydrogen-bond acceptors (Lipinski definition) is 4. The zero-order valence-corrected chi connectivity index (χ0v) is 11.4. The standard InChI is InChI=1S/C14H19F2NO3/c1-19-13-7-10(4-5-12(13)20-14(15)16)8-17-6-2-3-11(18)9-17/h4-5,7,11,14,18H,2-3,6,8-9H2,1H3/t11-/m1/s1. The van der Waals surface area contributed by atoms with Crippen LogP contribution in [0.15, 0.2) is 18.2 Å². The van der Waals surface area contributed by atoms with Gasteiger partial charge in [0.15, 0.2) is 11.5 Å². The van der Waals surface area contributed by atoms with E-state index >= 15 is 0 Å². The van der Waals surface area contributed by atoms with Crippen LogP contribution >= 0.6 is 0 Å². The van der Waals surface area contributed by atoms with Crippen LogP contribution in [0, 0.1) is 0 Å². The zero-order chi connectivity index (χ0) is 14.5. The molecule has 1 aromatic carbocycles. The lowest BCUT2D eigenvalue weighted by atomic mass is 10.1. The Morgan fingerprint density at radius 3 is 2.85 bits per heavy atom. The molecule has 2 rings (SSSR count). The van der Waals surface area contributed by atoms with E-state index in [1.54, 1.807) is 12.1 Å². The lowest BCUT2D eigenvalue weighted by molar-refractivity contribution is -0.0512. The molecule has 1 N–H and O–H groups in total. The first-order valence-electron chi connectivity index (χ1n) is 6.60. The Balaban J connectivity index is 2.05. The number of benzene rings is 1. The van der Waals surface area contributed by atoms with Crippen molar-refractivity contribution < 1.29 is 23.4 Å². The molecule has 0 spiro atoms. The fourth-order valence-electron chi connectivity index (χ4n) is 2.44. The van der Waals surface area contributed by atoms with Crippen LogP contribution in [-0.2, 0) is 6.54 Å². The smallest absolute Gasteiger partial charge is 0.387 e. The summed E-state index contributed by atoms with van der Waals surface area (Å²) in [5.74, 6) is 0.324. The van der Waals surface area contributed by atoms with Gasteiger partial charge >= 0.3 is 6.61 Å². The van der Waals surface area contributed by atoms with E-state index in [2.05, 4.69) is 9.64 Å². The second-order valence-electron chi connectivity index (χ2n) is 4.89. The highest BCUT2D eigenvalue weighted by Crippen LogP contribution is 2.30. The second-order valence-corrected chi connectivity index (χ2v) is 4.89. The third-order valence-corrected chi connectivity index (χ3v) is 3.33. The van der Waals surface area contributed by atoms with E-state index in [4.69, 9.17) is 4.74 Å². The van der Waals surface area contributed by atoms with Crippen molar-refractivity contribution in [1.82, 2.24) is 4.90 Å². The van der Waals surface area contributed by atoms with Crippen molar-refractivity contribution in [3.8, 4) is 11.5 Å². The van der Waals surface area contributed by atoms with Crippen LogP contribution < -0.4 is 9.47 Å². The highest BCUT2D eigenvalue weighted by Gasteiger charge is 2.18. The first kappa shape index (κ1) is 15.0. The third-order valence-electron chi connectivity index (χ3n) is 3.33. The number of nitrogens with zero attached hydrogens (tertiary/aromatic N) is 1. The summed E-state index contributed by atoms with van der Waals surface area (Å²) >= 11 is 0. The van der Waals surface area contributed by atoms with E-state index in [1.807, 2.05) is 0 Å². The monoisotopic (exact) mass is 287 g/mol. The highest BCUT2D eigenvalue weighted by atomic mass is 19.3. The van der Waals surface area contributed by atoms with Gasteiger partial charge in [-0.1, -0.05) is 6.07 Å². The fourth-order valence-corrected chi connectivity index (χ4v) is 2.44. The van der Waals surface area contributed by atoms with E-state index in [0.717, 1.165) is 24.9 Å². The maximum atomic E-state index is 12.2. The molecule has 0 saturated carbocycles. The average Bonchev–Trinajstić information content (AvgIpc) is 2.40. The van der Waals surface area contributed by atoms with Crippen LogP contribution in [0.25, 0.3) is 0 Å². The van der Waals surface area contributed by atoms with Gasteiger partial charge in [-0.15, -0.1) is 0 Å². The van der Waals surface area contributed by atoms with Crippen molar-refractivity contribution in [2.24, 2.45) is 0 Å². The molecule has 0 aliphatic carbocycles. The number of aliphatic hydroxyl groups excluding tert-OH is 1. The number of piperidine rings is 1. The van der Waals surface area contributed by atoms with Gasteiger partial charge in [-0.05, 0) is 37.1 Å². The first-order chi connectivity index (χ1) is 9.58. The predicted molar refractivity (Wildman–Crippen MR) is 70.1 cm³/mol. The molecular weight excluding hydrogens is 268 g/mol. The van der Waals surface area contributed by atoms with Crippen LogP contribution in [0.5, 0.6) is 11.5 Å². The van der Waals surface area contributed by atoms with E-state index in [9.17, 15) is 13.9 Å². The largest absolute Gasteiger partial charge is 0.493 e. The van der Waals surface area contributed by atoms with Crippen LogP contribution in [0.4, 0.5) is 8.78 Å². The van der Waals surface area contributed by atoms with Gasteiger partial charge in [0, 0.05) is 13.1 Å². The Morgan fingerprint density at radius 1 is 1.40 bits per heavy atom. The number of β-amino-alcohol motifs (C(OH)–C–C–N with tert-alkyl or cyclic N) is 1. The van der Waals surface area contributed by atoms with Gasteiger partial charge in [0.25, 0.3) is 0 Å². The number of methoxy groups -OCH3 is 1. The Labute approximate surface area is 116 Å². The fraction of sp³-hybridized carbons (Fsp3) is 0.571. The number of hydrogen-bond donors (Lipinski definition) is 1. The first-order valence-corrected chi connectivity index (χ1v) is 6.60. The summed E-state index contributed by atoms with van der Waals surface area (Å²) in [5, 5.41) is 9.63. The van der Waals surface area contributed by atoms with Gasteiger partial charge in [-0.3, -0.25) is 4.90 Å². The van der Waals surface area contributed by atoms with Crippen LogP contribution in [0.1, 0.15) is 18.4 Å². The van der Waals surface area contributed by atoms with Gasteiger partial charge in [-0.2, -0.15) is 8.78 Å². The number of halogens is 2. The molecule has 0 bridgehead atoms. The molecule has 0 radical (unpaired) electrons. The Bertz CT molecular complexity index is 442. The molecule has 0 aromatic heterocycles. The van der Waals surface area contributed by atoms with Gasteiger partial charge in [-0.25, -0.2) is 0 Å². The minimum Gasteiger partial charge on any atom is -0.493 e. The Kier molecular flexibility index (Phi) is 5.14. The third kappa shape index (κ3) is 4.05. The molecule has 20 heavy (non-hydrogen) atoms. The lowest BCUT2D eigenvalue weighted by Gasteiger charge is -2.30. The molecule has 6 heteroatoms. The van der Waals surface area contributed by atoms with Crippen LogP contribution in [0.2, 0.25) is 0 Å².